The van der Waals surface area contributed by atoms with E-state index in [1.165, 1.54) is 92.9 Å². The van der Waals surface area contributed by atoms with E-state index < -0.39 is 5.97 Å². The lowest BCUT2D eigenvalue weighted by atomic mass is 9.67. The van der Waals surface area contributed by atoms with Gasteiger partial charge in [-0.1, -0.05) is 80.2 Å². The number of amides is 1. The number of hydrogen-bond donors (Lipinski definition) is 2. The molecule has 0 spiro atoms. The third kappa shape index (κ3) is 8.07. The van der Waals surface area contributed by atoms with Crippen LogP contribution in [0.4, 0.5) is 5.13 Å². The Morgan fingerprint density at radius 2 is 1.69 bits per heavy atom. The molecule has 0 saturated heterocycles. The van der Waals surface area contributed by atoms with Crippen molar-refractivity contribution >= 4 is 40.1 Å². The van der Waals surface area contributed by atoms with Crippen molar-refractivity contribution in [2.24, 2.45) is 17.8 Å². The average molecular weight is 515 g/mol. The van der Waals surface area contributed by atoms with Gasteiger partial charge in [0.15, 0.2) is 5.13 Å². The van der Waals surface area contributed by atoms with Crippen molar-refractivity contribution in [1.82, 2.24) is 4.98 Å². The number of rotatable bonds is 10. The van der Waals surface area contributed by atoms with Crippen LogP contribution in [0.25, 0.3) is 0 Å². The minimum Gasteiger partial charge on any atom is -0.481 e. The van der Waals surface area contributed by atoms with Crippen LogP contribution in [0.1, 0.15) is 88.5 Å². The molecular weight excluding hydrogens is 476 g/mol. The van der Waals surface area contributed by atoms with E-state index in [-0.39, 0.29) is 11.7 Å². The zero-order valence-electron chi connectivity index (χ0n) is 20.5. The van der Waals surface area contributed by atoms with Crippen molar-refractivity contribution in [2.75, 3.05) is 11.1 Å². The second kappa shape index (κ2) is 13.4. The van der Waals surface area contributed by atoms with Gasteiger partial charge in [0.1, 0.15) is 0 Å². The maximum Gasteiger partial charge on any atom is 0.313 e. The number of aliphatic carboxylic acids is 1. The molecule has 2 fully saturated rings. The first kappa shape index (κ1) is 26.2. The third-order valence-electron chi connectivity index (χ3n) is 7.93. The van der Waals surface area contributed by atoms with Crippen LogP contribution >= 0.6 is 23.1 Å². The van der Waals surface area contributed by atoms with Gasteiger partial charge in [-0.3, -0.25) is 9.59 Å². The van der Waals surface area contributed by atoms with Gasteiger partial charge in [-0.2, -0.15) is 0 Å². The van der Waals surface area contributed by atoms with Gasteiger partial charge in [0.2, 0.25) is 5.91 Å². The van der Waals surface area contributed by atoms with Crippen LogP contribution in [0.2, 0.25) is 0 Å². The Hall–Kier alpha value is -1.86. The molecule has 2 N–H and O–H groups in total. The zero-order chi connectivity index (χ0) is 24.5. The molecule has 1 atom stereocenters. The summed E-state index contributed by atoms with van der Waals surface area (Å²) in [7, 11) is 0. The van der Waals surface area contributed by atoms with Gasteiger partial charge in [-0.05, 0) is 61.3 Å². The molecule has 1 aromatic heterocycles. The summed E-state index contributed by atoms with van der Waals surface area (Å²) in [5, 5.41) is 12.4. The Balaban J connectivity index is 1.33. The molecule has 1 amide bonds. The van der Waals surface area contributed by atoms with E-state index in [9.17, 15) is 9.59 Å². The zero-order valence-corrected chi connectivity index (χ0v) is 22.1. The molecule has 0 aliphatic heterocycles. The van der Waals surface area contributed by atoms with Crippen molar-refractivity contribution in [3.05, 3.63) is 42.1 Å². The van der Waals surface area contributed by atoms with Crippen molar-refractivity contribution in [3.63, 3.8) is 0 Å². The van der Waals surface area contributed by atoms with Gasteiger partial charge in [0, 0.05) is 6.42 Å². The Bertz CT molecular complexity index is 933. The molecule has 2 aliphatic rings. The first-order chi connectivity index (χ1) is 17.1. The Kier molecular flexibility index (Phi) is 10.1. The summed E-state index contributed by atoms with van der Waals surface area (Å²) in [5.41, 5.74) is 1.49. The number of carboxylic acids is 1. The first-order valence-electron chi connectivity index (χ1n) is 13.2. The maximum atomic E-state index is 12.8. The van der Waals surface area contributed by atoms with Gasteiger partial charge in [0.05, 0.1) is 16.2 Å². The molecule has 35 heavy (non-hydrogen) atoms. The molecule has 7 heteroatoms. The van der Waals surface area contributed by atoms with Crippen molar-refractivity contribution in [1.29, 1.82) is 0 Å². The Labute approximate surface area is 217 Å². The lowest BCUT2D eigenvalue weighted by Gasteiger charge is -2.38. The van der Waals surface area contributed by atoms with E-state index in [4.69, 9.17) is 5.11 Å². The number of nitrogens with zero attached hydrogens (tertiary/aromatic N) is 1. The largest absolute Gasteiger partial charge is 0.481 e. The topological polar surface area (TPSA) is 79.3 Å². The van der Waals surface area contributed by atoms with E-state index in [1.807, 2.05) is 0 Å². The maximum absolute atomic E-state index is 12.8. The summed E-state index contributed by atoms with van der Waals surface area (Å²) in [5.74, 6) is 1.98. The highest BCUT2D eigenvalue weighted by atomic mass is 32.2. The molecule has 1 heterocycles. The van der Waals surface area contributed by atoms with Crippen LogP contribution in [-0.2, 0) is 9.59 Å². The van der Waals surface area contributed by atoms with Crippen molar-refractivity contribution in [3.8, 4) is 0 Å². The van der Waals surface area contributed by atoms with Crippen molar-refractivity contribution in [2.45, 2.75) is 87.2 Å². The van der Waals surface area contributed by atoms with Gasteiger partial charge in [0.25, 0.3) is 0 Å². The molecule has 1 unspecified atom stereocenters. The number of thiazole rings is 1. The second-order valence-electron chi connectivity index (χ2n) is 10.2. The minimum absolute atomic E-state index is 0.00513. The quantitative estimate of drug-likeness (QED) is 0.252. The normalized spacial score (nSPS) is 22.3. The fraction of sp³-hybridized carbons (Fsp3) is 0.607. The van der Waals surface area contributed by atoms with Crippen LogP contribution in [0.5, 0.6) is 0 Å². The smallest absolute Gasteiger partial charge is 0.313 e. The number of hydrogen-bond acceptors (Lipinski definition) is 5. The SMILES string of the molecule is O=C(O)CSc1cnc(NC(=O)CCC(C2CCCCCC2)C2CCC(c3ccccc3)CC2)s1. The summed E-state index contributed by atoms with van der Waals surface area (Å²) < 4.78 is 0.814. The molecule has 0 radical (unpaired) electrons. The molecular formula is C28H38N2O3S2. The van der Waals surface area contributed by atoms with Crippen molar-refractivity contribution < 1.29 is 14.7 Å². The van der Waals surface area contributed by atoms with E-state index in [2.05, 4.69) is 40.6 Å². The number of carboxylic acid groups (broad SMARTS) is 1. The fourth-order valence-corrected chi connectivity index (χ4v) is 7.81. The molecule has 5 nitrogen and oxygen atoms in total. The summed E-state index contributed by atoms with van der Waals surface area (Å²) in [6.07, 6.45) is 16.3. The lowest BCUT2D eigenvalue weighted by Crippen LogP contribution is -2.28. The lowest BCUT2D eigenvalue weighted by molar-refractivity contribution is -0.133. The molecule has 1 aromatic carbocycles. The summed E-state index contributed by atoms with van der Waals surface area (Å²) in [6, 6.07) is 11.0. The molecule has 2 aromatic rings. The van der Waals surface area contributed by atoms with Crippen LogP contribution in [0.3, 0.4) is 0 Å². The minimum atomic E-state index is -0.851. The average Bonchev–Trinajstić information content (AvgIpc) is 3.14. The van der Waals surface area contributed by atoms with E-state index in [1.54, 1.807) is 6.20 Å². The van der Waals surface area contributed by atoms with E-state index >= 15 is 0 Å². The van der Waals surface area contributed by atoms with Crippen LogP contribution in [0, 0.1) is 17.8 Å². The second-order valence-corrected chi connectivity index (χ2v) is 12.5. The predicted octanol–water partition coefficient (Wildman–Crippen LogP) is 7.60. The van der Waals surface area contributed by atoms with Crippen LogP contribution < -0.4 is 5.32 Å². The third-order valence-corrected chi connectivity index (χ3v) is 10.0. The molecule has 2 aliphatic carbocycles. The number of thioether (sulfide) groups is 1. The van der Waals surface area contributed by atoms with Gasteiger partial charge < -0.3 is 10.4 Å². The monoisotopic (exact) mass is 514 g/mol. The number of benzene rings is 1. The fourth-order valence-electron chi connectivity index (χ4n) is 6.20. The van der Waals surface area contributed by atoms with Crippen LogP contribution in [-0.4, -0.2) is 27.7 Å². The highest BCUT2D eigenvalue weighted by Crippen LogP contribution is 2.45. The molecule has 190 valence electrons. The van der Waals surface area contributed by atoms with Gasteiger partial charge in [-0.25, -0.2) is 4.98 Å². The van der Waals surface area contributed by atoms with Crippen LogP contribution in [0.15, 0.2) is 40.7 Å². The summed E-state index contributed by atoms with van der Waals surface area (Å²) in [6.45, 7) is 0. The number of aromatic nitrogens is 1. The van der Waals surface area contributed by atoms with Gasteiger partial charge in [-0.15, -0.1) is 11.8 Å². The number of nitrogens with one attached hydrogen (secondary N) is 1. The number of carbonyl (C=O) groups is 2. The molecule has 0 bridgehead atoms. The Morgan fingerprint density at radius 1 is 1.00 bits per heavy atom. The highest BCUT2D eigenvalue weighted by molar-refractivity contribution is 8.01. The van der Waals surface area contributed by atoms with E-state index in [0.717, 1.165) is 22.5 Å². The first-order valence-corrected chi connectivity index (χ1v) is 15.0. The number of anilines is 1. The Morgan fingerprint density at radius 3 is 2.37 bits per heavy atom. The highest BCUT2D eigenvalue weighted by Gasteiger charge is 2.33. The standard InChI is InChI=1S/C28H38N2O3S2/c31-25(30-28-29-18-27(35-28)34-19-26(32)33)17-16-24(22-10-4-1-2-5-11-22)23-14-12-21(13-15-23)20-8-6-3-7-9-20/h3,6-9,18,21-24H,1-2,4-5,10-17,19H2,(H,32,33)(H,29,30,31). The van der Waals surface area contributed by atoms with Gasteiger partial charge >= 0.3 is 5.97 Å². The summed E-state index contributed by atoms with van der Waals surface area (Å²) >= 11 is 2.59. The molecule has 4 rings (SSSR count). The number of carbonyl (C=O) groups excluding carboxylic acids is 1. The molecule has 2 saturated carbocycles. The predicted molar refractivity (Wildman–Crippen MR) is 144 cm³/mol. The van der Waals surface area contributed by atoms with E-state index in [0.29, 0.717) is 23.4 Å². The summed E-state index contributed by atoms with van der Waals surface area (Å²) in [4.78, 5) is 27.9.